The first-order chi connectivity index (χ1) is 18.5. The van der Waals surface area contributed by atoms with Crippen LogP contribution in [-0.2, 0) is 26.2 Å². The van der Waals surface area contributed by atoms with Crippen molar-refractivity contribution in [1.29, 1.82) is 0 Å². The highest BCUT2D eigenvalue weighted by Crippen LogP contribution is 2.27. The summed E-state index contributed by atoms with van der Waals surface area (Å²) in [6.07, 6.45) is 7.42. The second kappa shape index (κ2) is 14.2. The van der Waals surface area contributed by atoms with Crippen LogP contribution in [0.5, 0.6) is 0 Å². The van der Waals surface area contributed by atoms with E-state index in [9.17, 15) is 18.0 Å². The first-order valence-corrected chi connectivity index (χ1v) is 16.1. The van der Waals surface area contributed by atoms with Gasteiger partial charge in [0.05, 0.1) is 11.9 Å². The Labute approximate surface area is 239 Å². The maximum atomic E-state index is 13.7. The number of carbonyl (C=O) groups excluding carboxylic acids is 2. The van der Waals surface area contributed by atoms with Gasteiger partial charge in [-0.15, -0.1) is 0 Å². The van der Waals surface area contributed by atoms with E-state index in [1.54, 1.807) is 23.1 Å². The van der Waals surface area contributed by atoms with Gasteiger partial charge in [-0.1, -0.05) is 68.1 Å². The monoisotopic (exact) mass is 575 g/mol. The minimum absolute atomic E-state index is 0.112. The van der Waals surface area contributed by atoms with Gasteiger partial charge in [-0.05, 0) is 68.4 Å². The molecule has 0 aromatic heterocycles. The standard InChI is InChI=1S/C30H42ClN3O4S/c1-5-27(30(36)32-26-14-7-6-8-15-26)33(21-24-13-10-9-12-22(24)2)29(35)16-11-19-34(39(4,37)38)28-20-25(31)18-17-23(28)3/h9-10,12-13,17-18,20,26-27H,5-8,11,14-16,19,21H2,1-4H3,(H,32,36). The van der Waals surface area contributed by atoms with Gasteiger partial charge in [-0.25, -0.2) is 8.42 Å². The molecular formula is C30H42ClN3O4S. The molecule has 1 unspecified atom stereocenters. The van der Waals surface area contributed by atoms with Crippen LogP contribution in [-0.4, -0.2) is 50.0 Å². The molecule has 0 radical (unpaired) electrons. The zero-order chi connectivity index (χ0) is 28.6. The Balaban J connectivity index is 1.79. The van der Waals surface area contributed by atoms with E-state index >= 15 is 0 Å². The molecule has 9 heteroatoms. The Hall–Kier alpha value is -2.58. The number of halogens is 1. The number of hydrogen-bond acceptors (Lipinski definition) is 4. The molecule has 1 aliphatic rings. The van der Waals surface area contributed by atoms with E-state index in [0.717, 1.165) is 48.6 Å². The van der Waals surface area contributed by atoms with E-state index in [4.69, 9.17) is 11.6 Å². The first-order valence-electron chi connectivity index (χ1n) is 13.9. The number of nitrogens with zero attached hydrogens (tertiary/aromatic N) is 2. The van der Waals surface area contributed by atoms with Crippen molar-refractivity contribution in [2.24, 2.45) is 0 Å². The zero-order valence-corrected chi connectivity index (χ0v) is 25.2. The van der Waals surface area contributed by atoms with Crippen LogP contribution in [0.4, 0.5) is 5.69 Å². The second-order valence-electron chi connectivity index (χ2n) is 10.6. The fourth-order valence-electron chi connectivity index (χ4n) is 5.27. The van der Waals surface area contributed by atoms with Crippen LogP contribution in [0.1, 0.15) is 75.0 Å². The lowest BCUT2D eigenvalue weighted by molar-refractivity contribution is -0.141. The second-order valence-corrected chi connectivity index (χ2v) is 12.9. The van der Waals surface area contributed by atoms with Crippen LogP contribution in [0.15, 0.2) is 42.5 Å². The topological polar surface area (TPSA) is 86.8 Å². The van der Waals surface area contributed by atoms with Crippen molar-refractivity contribution < 1.29 is 18.0 Å². The Morgan fingerprint density at radius 1 is 1.05 bits per heavy atom. The predicted molar refractivity (Wildman–Crippen MR) is 158 cm³/mol. The number of anilines is 1. The molecule has 0 saturated heterocycles. The number of nitrogens with one attached hydrogen (secondary N) is 1. The highest BCUT2D eigenvalue weighted by molar-refractivity contribution is 7.92. The van der Waals surface area contributed by atoms with Crippen molar-refractivity contribution in [3.05, 3.63) is 64.2 Å². The molecule has 1 saturated carbocycles. The summed E-state index contributed by atoms with van der Waals surface area (Å²) in [4.78, 5) is 28.8. The molecule has 39 heavy (non-hydrogen) atoms. The fraction of sp³-hybridized carbons (Fsp3) is 0.533. The van der Waals surface area contributed by atoms with Gasteiger partial charge in [0.15, 0.2) is 0 Å². The quantitative estimate of drug-likeness (QED) is 0.349. The van der Waals surface area contributed by atoms with Crippen LogP contribution in [0, 0.1) is 13.8 Å². The molecule has 7 nitrogen and oxygen atoms in total. The summed E-state index contributed by atoms with van der Waals surface area (Å²) in [7, 11) is -3.59. The highest BCUT2D eigenvalue weighted by atomic mass is 35.5. The first kappa shape index (κ1) is 31.0. The van der Waals surface area contributed by atoms with Crippen LogP contribution in [0.2, 0.25) is 5.02 Å². The molecule has 0 heterocycles. The van der Waals surface area contributed by atoms with Gasteiger partial charge in [0.2, 0.25) is 21.8 Å². The number of hydrogen-bond donors (Lipinski definition) is 1. The molecule has 1 aliphatic carbocycles. The van der Waals surface area contributed by atoms with Gasteiger partial charge >= 0.3 is 0 Å². The van der Waals surface area contributed by atoms with Crippen molar-refractivity contribution in [3.63, 3.8) is 0 Å². The van der Waals surface area contributed by atoms with Crippen molar-refractivity contribution in [1.82, 2.24) is 10.2 Å². The molecule has 214 valence electrons. The van der Waals surface area contributed by atoms with Crippen molar-refractivity contribution in [2.75, 3.05) is 17.1 Å². The van der Waals surface area contributed by atoms with E-state index in [1.807, 2.05) is 45.0 Å². The molecule has 0 bridgehead atoms. The van der Waals surface area contributed by atoms with Gasteiger partial charge < -0.3 is 10.2 Å². The van der Waals surface area contributed by atoms with E-state index in [2.05, 4.69) is 5.32 Å². The average molecular weight is 576 g/mol. The molecule has 1 N–H and O–H groups in total. The molecule has 2 aromatic rings. The summed E-state index contributed by atoms with van der Waals surface area (Å²) in [5.74, 6) is -0.279. The highest BCUT2D eigenvalue weighted by Gasteiger charge is 2.31. The van der Waals surface area contributed by atoms with E-state index in [1.165, 1.54) is 10.7 Å². The normalized spacial score (nSPS) is 15.0. The van der Waals surface area contributed by atoms with Gasteiger partial charge in [0.1, 0.15) is 6.04 Å². The number of carbonyl (C=O) groups is 2. The summed E-state index contributed by atoms with van der Waals surface area (Å²) >= 11 is 6.16. The summed E-state index contributed by atoms with van der Waals surface area (Å²) in [6.45, 7) is 6.21. The minimum atomic E-state index is -3.59. The van der Waals surface area contributed by atoms with Crippen molar-refractivity contribution >= 4 is 39.1 Å². The number of sulfonamides is 1. The number of aryl methyl sites for hydroxylation is 2. The lowest BCUT2D eigenvalue weighted by atomic mass is 9.95. The van der Waals surface area contributed by atoms with Gasteiger partial charge in [-0.3, -0.25) is 13.9 Å². The van der Waals surface area contributed by atoms with Crippen molar-refractivity contribution in [2.45, 2.75) is 90.8 Å². The fourth-order valence-corrected chi connectivity index (χ4v) is 6.45. The van der Waals surface area contributed by atoms with E-state index < -0.39 is 16.1 Å². The summed E-state index contributed by atoms with van der Waals surface area (Å²) < 4.78 is 26.6. The summed E-state index contributed by atoms with van der Waals surface area (Å²) in [6, 6.07) is 12.6. The van der Waals surface area contributed by atoms with Gasteiger partial charge in [0, 0.05) is 30.6 Å². The Bertz CT molecular complexity index is 1240. The lowest BCUT2D eigenvalue weighted by Gasteiger charge is -2.33. The molecule has 1 fully saturated rings. The number of rotatable bonds is 12. The van der Waals surface area contributed by atoms with Crippen LogP contribution < -0.4 is 9.62 Å². The van der Waals surface area contributed by atoms with Crippen LogP contribution >= 0.6 is 11.6 Å². The SMILES string of the molecule is CCC(C(=O)NC1CCCCC1)N(Cc1ccccc1C)C(=O)CCCN(c1cc(Cl)ccc1C)S(C)(=O)=O. The molecule has 3 rings (SSSR count). The smallest absolute Gasteiger partial charge is 0.243 e. The van der Waals surface area contributed by atoms with E-state index in [0.29, 0.717) is 30.1 Å². The summed E-state index contributed by atoms with van der Waals surface area (Å²) in [5, 5.41) is 3.64. The molecular weight excluding hydrogens is 534 g/mol. The lowest BCUT2D eigenvalue weighted by Crippen LogP contribution is -2.51. The Morgan fingerprint density at radius 3 is 2.38 bits per heavy atom. The Morgan fingerprint density at radius 2 is 1.74 bits per heavy atom. The third-order valence-corrected chi connectivity index (χ3v) is 8.95. The zero-order valence-electron chi connectivity index (χ0n) is 23.6. The van der Waals surface area contributed by atoms with Crippen LogP contribution in [0.25, 0.3) is 0 Å². The molecule has 1 atom stereocenters. The molecule has 2 amide bonds. The number of amides is 2. The predicted octanol–water partition coefficient (Wildman–Crippen LogP) is 5.76. The Kier molecular flexibility index (Phi) is 11.2. The van der Waals surface area contributed by atoms with Gasteiger partial charge in [0.25, 0.3) is 0 Å². The van der Waals surface area contributed by atoms with Crippen molar-refractivity contribution in [3.8, 4) is 0 Å². The average Bonchev–Trinajstić information content (AvgIpc) is 2.89. The van der Waals surface area contributed by atoms with Gasteiger partial charge in [-0.2, -0.15) is 0 Å². The largest absolute Gasteiger partial charge is 0.352 e. The van der Waals surface area contributed by atoms with Crippen LogP contribution in [0.3, 0.4) is 0 Å². The third-order valence-electron chi connectivity index (χ3n) is 7.53. The molecule has 0 spiro atoms. The number of benzene rings is 2. The maximum absolute atomic E-state index is 13.7. The maximum Gasteiger partial charge on any atom is 0.243 e. The molecule has 0 aliphatic heterocycles. The van der Waals surface area contributed by atoms with E-state index in [-0.39, 0.29) is 30.8 Å². The summed E-state index contributed by atoms with van der Waals surface area (Å²) in [5.41, 5.74) is 3.33. The third kappa shape index (κ3) is 8.70. The molecule has 2 aromatic carbocycles. The minimum Gasteiger partial charge on any atom is -0.352 e.